The van der Waals surface area contributed by atoms with Crippen LogP contribution < -0.4 is 10.7 Å². The Balaban J connectivity index is 1.62. The third-order valence-corrected chi connectivity index (χ3v) is 4.52. The Bertz CT molecular complexity index is 840. The number of hydrogen-bond donors (Lipinski definition) is 2. The Labute approximate surface area is 144 Å². The number of amides is 1. The van der Waals surface area contributed by atoms with Crippen LogP contribution in [0.15, 0.2) is 59.7 Å². The second-order valence-corrected chi connectivity index (χ2v) is 6.42. The average molecular weight is 338 g/mol. The second kappa shape index (κ2) is 7.23. The van der Waals surface area contributed by atoms with Crippen LogP contribution in [0, 0.1) is 0 Å². The lowest BCUT2D eigenvalue weighted by Gasteiger charge is -2.11. The summed E-state index contributed by atoms with van der Waals surface area (Å²) in [4.78, 5) is 16.7. The van der Waals surface area contributed by atoms with Gasteiger partial charge in [-0.25, -0.2) is 10.4 Å². The molecule has 0 aliphatic heterocycles. The molecule has 5 nitrogen and oxygen atoms in total. The van der Waals surface area contributed by atoms with Crippen LogP contribution in [0.2, 0.25) is 0 Å². The van der Waals surface area contributed by atoms with Gasteiger partial charge in [0.2, 0.25) is 0 Å². The van der Waals surface area contributed by atoms with Crippen molar-refractivity contribution in [1.29, 1.82) is 0 Å². The molecule has 0 unspecified atom stereocenters. The third-order valence-electron chi connectivity index (χ3n) is 3.55. The van der Waals surface area contributed by atoms with Crippen LogP contribution >= 0.6 is 11.3 Å². The van der Waals surface area contributed by atoms with Gasteiger partial charge in [0, 0.05) is 0 Å². The fourth-order valence-corrected chi connectivity index (χ4v) is 3.12. The maximum atomic E-state index is 12.2. The lowest BCUT2D eigenvalue weighted by molar-refractivity contribution is -0.121. The Morgan fingerprint density at radius 2 is 1.83 bits per heavy atom. The number of thiazole rings is 1. The maximum absolute atomic E-state index is 12.2. The predicted octanol–water partition coefficient (Wildman–Crippen LogP) is 3.64. The van der Waals surface area contributed by atoms with Gasteiger partial charge in [0.1, 0.15) is 6.04 Å². The topological polar surface area (TPSA) is 66.4 Å². The van der Waals surface area contributed by atoms with E-state index in [1.807, 2.05) is 61.5 Å². The van der Waals surface area contributed by atoms with Crippen LogP contribution in [0.3, 0.4) is 0 Å². The molecule has 0 aliphatic rings. The molecule has 122 valence electrons. The molecule has 1 amide bonds. The van der Waals surface area contributed by atoms with E-state index in [2.05, 4.69) is 20.8 Å². The molecule has 0 bridgehead atoms. The van der Waals surface area contributed by atoms with Gasteiger partial charge in [0.05, 0.1) is 15.9 Å². The van der Waals surface area contributed by atoms with Gasteiger partial charge in [-0.05, 0) is 31.5 Å². The maximum Gasteiger partial charge on any atom is 0.262 e. The summed E-state index contributed by atoms with van der Waals surface area (Å²) >= 11 is 1.53. The molecule has 0 aliphatic carbocycles. The van der Waals surface area contributed by atoms with Gasteiger partial charge >= 0.3 is 0 Å². The van der Waals surface area contributed by atoms with E-state index in [0.717, 1.165) is 26.6 Å². The number of nitrogens with zero attached hydrogens (tertiary/aromatic N) is 2. The SMILES string of the molecule is C/C(=N/NC(=O)[C@@H](C)Nc1nc2ccccc2s1)c1ccccc1. The van der Waals surface area contributed by atoms with Crippen LogP contribution in [0.4, 0.5) is 5.13 Å². The molecule has 0 spiro atoms. The number of para-hydroxylation sites is 1. The molecule has 1 aromatic heterocycles. The molecule has 1 heterocycles. The minimum Gasteiger partial charge on any atom is -0.350 e. The fraction of sp³-hybridized carbons (Fsp3) is 0.167. The molecule has 1 atom stereocenters. The minimum absolute atomic E-state index is 0.204. The van der Waals surface area contributed by atoms with Crippen molar-refractivity contribution in [3.05, 3.63) is 60.2 Å². The quantitative estimate of drug-likeness (QED) is 0.551. The van der Waals surface area contributed by atoms with Crippen LogP contribution in [0.25, 0.3) is 10.2 Å². The molecule has 6 heteroatoms. The highest BCUT2D eigenvalue weighted by Crippen LogP contribution is 2.25. The number of rotatable bonds is 5. The fourth-order valence-electron chi connectivity index (χ4n) is 2.16. The number of nitrogens with one attached hydrogen (secondary N) is 2. The van der Waals surface area contributed by atoms with Gasteiger partial charge in [0.25, 0.3) is 5.91 Å². The standard InChI is InChI=1S/C18H18N4OS/c1-12(14-8-4-3-5-9-14)21-22-17(23)13(2)19-18-20-15-10-6-7-11-16(15)24-18/h3-11,13H,1-2H3,(H,19,20)(H,22,23)/b21-12-/t13-/m1/s1. The number of hydrazone groups is 1. The molecule has 0 saturated heterocycles. The van der Waals surface area contributed by atoms with Crippen molar-refractivity contribution < 1.29 is 4.79 Å². The first-order chi connectivity index (χ1) is 11.6. The van der Waals surface area contributed by atoms with Gasteiger partial charge in [-0.2, -0.15) is 5.10 Å². The van der Waals surface area contributed by atoms with Crippen LogP contribution in [-0.4, -0.2) is 22.6 Å². The largest absolute Gasteiger partial charge is 0.350 e. The van der Waals surface area contributed by atoms with E-state index in [1.165, 1.54) is 11.3 Å². The normalized spacial score (nSPS) is 12.8. The van der Waals surface area contributed by atoms with E-state index in [9.17, 15) is 4.79 Å². The Hall–Kier alpha value is -2.73. The van der Waals surface area contributed by atoms with Crippen molar-refractivity contribution in [2.45, 2.75) is 19.9 Å². The zero-order valence-electron chi connectivity index (χ0n) is 13.5. The summed E-state index contributed by atoms with van der Waals surface area (Å²) in [7, 11) is 0. The van der Waals surface area contributed by atoms with Gasteiger partial charge in [-0.1, -0.05) is 53.8 Å². The molecule has 24 heavy (non-hydrogen) atoms. The highest BCUT2D eigenvalue weighted by molar-refractivity contribution is 7.22. The molecule has 0 saturated carbocycles. The van der Waals surface area contributed by atoms with Crippen molar-refractivity contribution in [2.24, 2.45) is 5.10 Å². The van der Waals surface area contributed by atoms with Gasteiger partial charge in [0.15, 0.2) is 5.13 Å². The van der Waals surface area contributed by atoms with E-state index in [4.69, 9.17) is 0 Å². The number of carbonyl (C=O) groups is 1. The van der Waals surface area contributed by atoms with Crippen LogP contribution in [-0.2, 0) is 4.79 Å². The summed E-state index contributed by atoms with van der Waals surface area (Å²) in [5.41, 5.74) is 5.26. The monoisotopic (exact) mass is 338 g/mol. The summed E-state index contributed by atoms with van der Waals surface area (Å²) in [5, 5.41) is 8.01. The van der Waals surface area contributed by atoms with E-state index < -0.39 is 6.04 Å². The molecule has 2 aromatic carbocycles. The Kier molecular flexibility index (Phi) is 4.86. The molecule has 2 N–H and O–H groups in total. The van der Waals surface area contributed by atoms with Crippen molar-refractivity contribution >= 4 is 38.3 Å². The number of benzene rings is 2. The van der Waals surface area contributed by atoms with E-state index >= 15 is 0 Å². The molecule has 0 fully saturated rings. The molecule has 0 radical (unpaired) electrons. The van der Waals surface area contributed by atoms with Crippen molar-refractivity contribution in [1.82, 2.24) is 10.4 Å². The summed E-state index contributed by atoms with van der Waals surface area (Å²) in [6, 6.07) is 17.2. The van der Waals surface area contributed by atoms with Gasteiger partial charge in [-0.3, -0.25) is 4.79 Å². The molecular formula is C18H18N4OS. The molecule has 3 rings (SSSR count). The van der Waals surface area contributed by atoms with Crippen molar-refractivity contribution in [2.75, 3.05) is 5.32 Å². The average Bonchev–Trinajstić information content (AvgIpc) is 3.02. The van der Waals surface area contributed by atoms with Crippen molar-refractivity contribution in [3.8, 4) is 0 Å². The van der Waals surface area contributed by atoms with Gasteiger partial charge < -0.3 is 5.32 Å². The third kappa shape index (κ3) is 3.78. The summed E-state index contributed by atoms with van der Waals surface area (Å²) < 4.78 is 1.09. The zero-order valence-corrected chi connectivity index (χ0v) is 14.3. The number of carbonyl (C=O) groups excluding carboxylic acids is 1. The molecule has 3 aromatic rings. The second-order valence-electron chi connectivity index (χ2n) is 5.39. The van der Waals surface area contributed by atoms with E-state index in [-0.39, 0.29) is 5.91 Å². The summed E-state index contributed by atoms with van der Waals surface area (Å²) in [6.45, 7) is 3.65. The van der Waals surface area contributed by atoms with Gasteiger partial charge in [-0.15, -0.1) is 0 Å². The van der Waals surface area contributed by atoms with E-state index in [0.29, 0.717) is 0 Å². The number of anilines is 1. The van der Waals surface area contributed by atoms with Crippen molar-refractivity contribution in [3.63, 3.8) is 0 Å². The number of hydrogen-bond acceptors (Lipinski definition) is 5. The number of aromatic nitrogens is 1. The van der Waals surface area contributed by atoms with Crippen LogP contribution in [0.5, 0.6) is 0 Å². The lowest BCUT2D eigenvalue weighted by Crippen LogP contribution is -2.35. The highest BCUT2D eigenvalue weighted by Gasteiger charge is 2.14. The first-order valence-electron chi connectivity index (χ1n) is 7.65. The van der Waals surface area contributed by atoms with E-state index in [1.54, 1.807) is 6.92 Å². The zero-order chi connectivity index (χ0) is 16.9. The summed E-state index contributed by atoms with van der Waals surface area (Å²) in [5.74, 6) is -0.204. The first-order valence-corrected chi connectivity index (χ1v) is 8.47. The highest BCUT2D eigenvalue weighted by atomic mass is 32.1. The lowest BCUT2D eigenvalue weighted by atomic mass is 10.1. The smallest absolute Gasteiger partial charge is 0.262 e. The molecular weight excluding hydrogens is 320 g/mol. The van der Waals surface area contributed by atoms with Crippen LogP contribution in [0.1, 0.15) is 19.4 Å². The number of fused-ring (bicyclic) bond motifs is 1. The Morgan fingerprint density at radius 3 is 2.58 bits per heavy atom. The summed E-state index contributed by atoms with van der Waals surface area (Å²) in [6.07, 6.45) is 0. The first kappa shape index (κ1) is 16.1. The Morgan fingerprint density at radius 1 is 1.12 bits per heavy atom. The predicted molar refractivity (Wildman–Crippen MR) is 99.5 cm³/mol. The minimum atomic E-state index is -0.433.